The average Bonchev–Trinajstić information content (AvgIpc) is 2.77. The number of ether oxygens (including phenoxy) is 1. The van der Waals surface area contributed by atoms with Crippen LogP contribution < -0.4 is 9.46 Å². The molecular weight excluding hydrogens is 428 g/mol. The summed E-state index contributed by atoms with van der Waals surface area (Å²) in [6, 6.07) is 13.7. The van der Waals surface area contributed by atoms with Crippen molar-refractivity contribution in [1.82, 2.24) is 9.62 Å². The summed E-state index contributed by atoms with van der Waals surface area (Å²) in [6.45, 7) is 6.67. The third-order valence-electron chi connectivity index (χ3n) is 5.70. The van der Waals surface area contributed by atoms with E-state index in [9.17, 15) is 8.42 Å². The average molecular weight is 463 g/mol. The van der Waals surface area contributed by atoms with Gasteiger partial charge in [0, 0.05) is 28.8 Å². The van der Waals surface area contributed by atoms with Crippen molar-refractivity contribution < 1.29 is 13.2 Å². The normalized spacial score (nSPS) is 16.3. The van der Waals surface area contributed by atoms with Crippen molar-refractivity contribution in [3.63, 3.8) is 0 Å². The van der Waals surface area contributed by atoms with Crippen LogP contribution in [0.4, 0.5) is 0 Å². The quantitative estimate of drug-likeness (QED) is 0.499. The lowest BCUT2D eigenvalue weighted by molar-refractivity contribution is 0.204. The lowest BCUT2D eigenvalue weighted by Crippen LogP contribution is -2.41. The van der Waals surface area contributed by atoms with E-state index in [1.165, 1.54) is 10.5 Å². The molecule has 0 spiro atoms. The van der Waals surface area contributed by atoms with Crippen LogP contribution in [0.2, 0.25) is 0 Å². The smallest absolute Gasteiger partial charge is 0.240 e. The Bertz CT molecular complexity index is 932. The van der Waals surface area contributed by atoms with E-state index in [0.717, 1.165) is 55.8 Å². The van der Waals surface area contributed by atoms with Gasteiger partial charge in [-0.2, -0.15) is 0 Å². The molecule has 0 bridgehead atoms. The maximum absolute atomic E-state index is 12.4. The summed E-state index contributed by atoms with van der Waals surface area (Å²) in [5, 5.41) is 0. The minimum atomic E-state index is -3.43. The van der Waals surface area contributed by atoms with Crippen molar-refractivity contribution >= 4 is 21.8 Å². The molecule has 0 aromatic heterocycles. The number of benzene rings is 2. The standard InChI is InChI=1S/C24H34N2O3S2/c1-4-15-26(20-17-22-23(29-3)8-7-9-24(22)30-18-20)16-6-5-14-25-31(27,28)21-12-10-19(2)11-13-21/h7-13,20,25H,4-6,14-18H2,1-3H3. The van der Waals surface area contributed by atoms with Crippen LogP contribution in [0.1, 0.15) is 37.3 Å². The molecule has 2 aromatic carbocycles. The third-order valence-corrected chi connectivity index (χ3v) is 8.43. The largest absolute Gasteiger partial charge is 0.496 e. The molecule has 5 nitrogen and oxygen atoms in total. The first kappa shape index (κ1) is 24.1. The molecule has 7 heteroatoms. The highest BCUT2D eigenvalue weighted by Crippen LogP contribution is 2.37. The molecule has 1 aliphatic rings. The highest BCUT2D eigenvalue weighted by Gasteiger charge is 2.26. The molecule has 0 amide bonds. The number of nitrogens with zero attached hydrogens (tertiary/aromatic N) is 1. The number of sulfonamides is 1. The van der Waals surface area contributed by atoms with Crippen LogP contribution in [0.15, 0.2) is 52.3 Å². The summed E-state index contributed by atoms with van der Waals surface area (Å²) in [5.41, 5.74) is 2.37. The molecule has 31 heavy (non-hydrogen) atoms. The van der Waals surface area contributed by atoms with Gasteiger partial charge in [0.15, 0.2) is 0 Å². The van der Waals surface area contributed by atoms with E-state index in [1.807, 2.05) is 36.9 Å². The Morgan fingerprint density at radius 3 is 2.61 bits per heavy atom. The van der Waals surface area contributed by atoms with Crippen LogP contribution in [-0.4, -0.2) is 51.9 Å². The Labute approximate surface area is 191 Å². The van der Waals surface area contributed by atoms with Crippen LogP contribution in [0, 0.1) is 6.92 Å². The van der Waals surface area contributed by atoms with Crippen LogP contribution in [-0.2, 0) is 16.4 Å². The molecule has 2 aromatic rings. The van der Waals surface area contributed by atoms with E-state index in [-0.39, 0.29) is 0 Å². The zero-order chi connectivity index (χ0) is 22.3. The molecule has 0 saturated carbocycles. The first-order valence-electron chi connectivity index (χ1n) is 11.0. The van der Waals surface area contributed by atoms with Gasteiger partial charge in [-0.3, -0.25) is 4.90 Å². The number of aryl methyl sites for hydroxylation is 1. The first-order valence-corrected chi connectivity index (χ1v) is 13.5. The third kappa shape index (κ3) is 6.48. The number of nitrogens with one attached hydrogen (secondary N) is 1. The summed E-state index contributed by atoms with van der Waals surface area (Å²) >= 11 is 1.91. The molecule has 1 heterocycles. The van der Waals surface area contributed by atoms with Gasteiger partial charge in [0.1, 0.15) is 5.75 Å². The Morgan fingerprint density at radius 2 is 1.90 bits per heavy atom. The van der Waals surface area contributed by atoms with E-state index in [0.29, 0.717) is 17.5 Å². The topological polar surface area (TPSA) is 58.6 Å². The fourth-order valence-electron chi connectivity index (χ4n) is 4.00. The summed E-state index contributed by atoms with van der Waals surface area (Å²) in [5.74, 6) is 2.07. The van der Waals surface area contributed by atoms with Gasteiger partial charge >= 0.3 is 0 Å². The number of unbranched alkanes of at least 4 members (excludes halogenated alkanes) is 1. The van der Waals surface area contributed by atoms with Crippen LogP contribution in [0.25, 0.3) is 0 Å². The fourth-order valence-corrected chi connectivity index (χ4v) is 6.31. The molecule has 1 N–H and O–H groups in total. The first-order chi connectivity index (χ1) is 14.9. The fraction of sp³-hybridized carbons (Fsp3) is 0.500. The molecule has 0 saturated heterocycles. The van der Waals surface area contributed by atoms with Gasteiger partial charge in [-0.05, 0) is 70.0 Å². The number of fused-ring (bicyclic) bond motifs is 1. The number of thioether (sulfide) groups is 1. The van der Waals surface area contributed by atoms with Crippen molar-refractivity contribution in [3.05, 3.63) is 53.6 Å². The van der Waals surface area contributed by atoms with Crippen LogP contribution >= 0.6 is 11.8 Å². The summed E-state index contributed by atoms with van der Waals surface area (Å²) in [4.78, 5) is 4.23. The molecule has 3 rings (SSSR count). The van der Waals surface area contributed by atoms with E-state index >= 15 is 0 Å². The lowest BCUT2D eigenvalue weighted by atomic mass is 10.0. The predicted molar refractivity (Wildman–Crippen MR) is 129 cm³/mol. The van der Waals surface area contributed by atoms with Gasteiger partial charge in [0.05, 0.1) is 12.0 Å². The van der Waals surface area contributed by atoms with Gasteiger partial charge in [0.2, 0.25) is 10.0 Å². The number of hydrogen-bond acceptors (Lipinski definition) is 5. The van der Waals surface area contributed by atoms with E-state index < -0.39 is 10.0 Å². The number of rotatable bonds is 11. The van der Waals surface area contributed by atoms with Gasteiger partial charge in [-0.25, -0.2) is 13.1 Å². The van der Waals surface area contributed by atoms with Gasteiger partial charge in [0.25, 0.3) is 0 Å². The maximum Gasteiger partial charge on any atom is 0.240 e. The van der Waals surface area contributed by atoms with Crippen molar-refractivity contribution in [3.8, 4) is 5.75 Å². The van der Waals surface area contributed by atoms with E-state index in [1.54, 1.807) is 19.2 Å². The molecule has 0 radical (unpaired) electrons. The molecule has 0 aliphatic carbocycles. The predicted octanol–water partition coefficient (Wildman–Crippen LogP) is 4.49. The molecule has 1 unspecified atom stereocenters. The Morgan fingerprint density at radius 1 is 1.13 bits per heavy atom. The summed E-state index contributed by atoms with van der Waals surface area (Å²) < 4.78 is 33.2. The van der Waals surface area contributed by atoms with Crippen molar-refractivity contribution in [2.45, 2.75) is 55.4 Å². The van der Waals surface area contributed by atoms with Gasteiger partial charge < -0.3 is 4.74 Å². The van der Waals surface area contributed by atoms with Crippen molar-refractivity contribution in [1.29, 1.82) is 0 Å². The Balaban J connectivity index is 1.50. The zero-order valence-corrected chi connectivity index (χ0v) is 20.4. The molecule has 1 atom stereocenters. The highest BCUT2D eigenvalue weighted by molar-refractivity contribution is 7.99. The minimum Gasteiger partial charge on any atom is -0.496 e. The van der Waals surface area contributed by atoms with Gasteiger partial charge in [-0.15, -0.1) is 11.8 Å². The SMILES string of the molecule is CCCN(CCCCNS(=O)(=O)c1ccc(C)cc1)C1CSc2cccc(OC)c2C1. The number of methoxy groups -OCH3 is 1. The second-order valence-corrected chi connectivity index (χ2v) is 10.9. The maximum atomic E-state index is 12.4. The monoisotopic (exact) mass is 462 g/mol. The summed E-state index contributed by atoms with van der Waals surface area (Å²) in [7, 11) is -1.69. The lowest BCUT2D eigenvalue weighted by Gasteiger charge is -2.35. The van der Waals surface area contributed by atoms with Gasteiger partial charge in [-0.1, -0.05) is 30.7 Å². The summed E-state index contributed by atoms with van der Waals surface area (Å²) in [6.07, 6.45) is 3.91. The molecular formula is C24H34N2O3S2. The Kier molecular flexibility index (Phi) is 8.84. The zero-order valence-electron chi connectivity index (χ0n) is 18.8. The van der Waals surface area contributed by atoms with Crippen LogP contribution in [0.3, 0.4) is 0 Å². The van der Waals surface area contributed by atoms with Crippen LogP contribution in [0.5, 0.6) is 5.75 Å². The molecule has 0 fully saturated rings. The van der Waals surface area contributed by atoms with Crippen molar-refractivity contribution in [2.24, 2.45) is 0 Å². The molecule has 1 aliphatic heterocycles. The van der Waals surface area contributed by atoms with Crippen molar-refractivity contribution in [2.75, 3.05) is 32.5 Å². The molecule has 170 valence electrons. The Hall–Kier alpha value is -1.54. The van der Waals surface area contributed by atoms with E-state index in [4.69, 9.17) is 4.74 Å². The van der Waals surface area contributed by atoms with E-state index in [2.05, 4.69) is 28.7 Å². The minimum absolute atomic E-state index is 0.331. The number of hydrogen-bond donors (Lipinski definition) is 1. The second-order valence-electron chi connectivity index (χ2n) is 8.06. The highest BCUT2D eigenvalue weighted by atomic mass is 32.2. The second kappa shape index (κ2) is 11.4.